The van der Waals surface area contributed by atoms with E-state index < -0.39 is 17.5 Å². The van der Waals surface area contributed by atoms with Gasteiger partial charge in [-0.2, -0.15) is 0 Å². The van der Waals surface area contributed by atoms with Gasteiger partial charge in [0.25, 0.3) is 5.91 Å². The molecule has 0 atom stereocenters. The zero-order chi connectivity index (χ0) is 13.8. The Morgan fingerprint density at radius 1 is 1.42 bits per heavy atom. The molecule has 1 aromatic rings. The van der Waals surface area contributed by atoms with Crippen LogP contribution in [0.15, 0.2) is 18.2 Å². The Balaban J connectivity index is 1.85. The summed E-state index contributed by atoms with van der Waals surface area (Å²) in [4.78, 5) is 14.0. The van der Waals surface area contributed by atoms with Crippen molar-refractivity contribution in [1.82, 2.24) is 10.2 Å². The largest absolute Gasteiger partial charge is 0.351 e. The van der Waals surface area contributed by atoms with Crippen LogP contribution >= 0.6 is 0 Å². The molecule has 5 heteroatoms. The van der Waals surface area contributed by atoms with Crippen molar-refractivity contribution < 1.29 is 13.6 Å². The lowest BCUT2D eigenvalue weighted by Gasteiger charge is -2.19. The van der Waals surface area contributed by atoms with Gasteiger partial charge >= 0.3 is 0 Å². The molecule has 3 nitrogen and oxygen atoms in total. The van der Waals surface area contributed by atoms with Gasteiger partial charge in [-0.25, -0.2) is 8.78 Å². The van der Waals surface area contributed by atoms with E-state index in [2.05, 4.69) is 17.1 Å². The summed E-state index contributed by atoms with van der Waals surface area (Å²) in [6.45, 7) is 4.20. The minimum atomic E-state index is -1.09. The molecule has 2 rings (SSSR count). The van der Waals surface area contributed by atoms with Crippen LogP contribution in [-0.2, 0) is 0 Å². The first kappa shape index (κ1) is 13.9. The van der Waals surface area contributed by atoms with Crippen LogP contribution in [0, 0.1) is 11.6 Å². The molecule has 0 heterocycles. The second kappa shape index (κ2) is 6.10. The summed E-state index contributed by atoms with van der Waals surface area (Å²) in [6.07, 6.45) is 2.42. The summed E-state index contributed by atoms with van der Waals surface area (Å²) in [5, 5.41) is 2.63. The van der Waals surface area contributed by atoms with Crippen molar-refractivity contribution in [2.45, 2.75) is 25.8 Å². The molecule has 19 heavy (non-hydrogen) atoms. The lowest BCUT2D eigenvalue weighted by atomic mass is 10.2. The molecule has 0 aliphatic heterocycles. The number of benzene rings is 1. The van der Waals surface area contributed by atoms with E-state index in [4.69, 9.17) is 0 Å². The van der Waals surface area contributed by atoms with Gasteiger partial charge in [-0.05, 0) is 31.5 Å². The summed E-state index contributed by atoms with van der Waals surface area (Å²) >= 11 is 0. The van der Waals surface area contributed by atoms with Gasteiger partial charge in [0.1, 0.15) is 0 Å². The number of rotatable bonds is 6. The van der Waals surface area contributed by atoms with Crippen molar-refractivity contribution >= 4 is 5.91 Å². The number of hydrogen-bond acceptors (Lipinski definition) is 2. The third kappa shape index (κ3) is 3.50. The third-order valence-corrected chi connectivity index (χ3v) is 3.35. The Bertz CT molecular complexity index is 461. The number of carbonyl (C=O) groups excluding carboxylic acids is 1. The predicted molar refractivity (Wildman–Crippen MR) is 69.0 cm³/mol. The van der Waals surface area contributed by atoms with Crippen LogP contribution in [-0.4, -0.2) is 36.5 Å². The van der Waals surface area contributed by atoms with Crippen LogP contribution in [0.25, 0.3) is 0 Å². The number of nitrogens with zero attached hydrogens (tertiary/aromatic N) is 1. The van der Waals surface area contributed by atoms with E-state index in [9.17, 15) is 13.6 Å². The van der Waals surface area contributed by atoms with Crippen LogP contribution < -0.4 is 5.32 Å². The van der Waals surface area contributed by atoms with Gasteiger partial charge < -0.3 is 5.32 Å². The van der Waals surface area contributed by atoms with E-state index in [1.807, 2.05) is 0 Å². The quantitative estimate of drug-likeness (QED) is 0.857. The van der Waals surface area contributed by atoms with Crippen molar-refractivity contribution in [2.75, 3.05) is 19.6 Å². The molecule has 1 fully saturated rings. The molecule has 0 bridgehead atoms. The molecule has 0 spiro atoms. The van der Waals surface area contributed by atoms with Crippen LogP contribution in [0.4, 0.5) is 8.78 Å². The molecule has 0 radical (unpaired) electrons. The standard InChI is InChI=1S/C14H18F2N2O/c1-2-18(10-6-7-10)9-8-17-14(19)11-4-3-5-12(15)13(11)16/h3-5,10H,2,6-9H2,1H3,(H,17,19). The Morgan fingerprint density at radius 3 is 2.79 bits per heavy atom. The van der Waals surface area contributed by atoms with Gasteiger partial charge in [-0.1, -0.05) is 13.0 Å². The van der Waals surface area contributed by atoms with Crippen molar-refractivity contribution in [1.29, 1.82) is 0 Å². The van der Waals surface area contributed by atoms with Crippen LogP contribution in [0.2, 0.25) is 0 Å². The number of halogens is 2. The first-order valence-electron chi connectivity index (χ1n) is 6.59. The van der Waals surface area contributed by atoms with E-state index in [1.54, 1.807) is 0 Å². The molecule has 0 aromatic heterocycles. The van der Waals surface area contributed by atoms with E-state index in [0.29, 0.717) is 12.6 Å². The third-order valence-electron chi connectivity index (χ3n) is 3.35. The van der Waals surface area contributed by atoms with E-state index in [1.165, 1.54) is 25.0 Å². The van der Waals surface area contributed by atoms with Crippen LogP contribution in [0.1, 0.15) is 30.1 Å². The molecule has 1 aliphatic rings. The van der Waals surface area contributed by atoms with E-state index >= 15 is 0 Å². The number of amides is 1. The molecule has 1 saturated carbocycles. The van der Waals surface area contributed by atoms with Crippen molar-refractivity contribution in [3.63, 3.8) is 0 Å². The Kier molecular flexibility index (Phi) is 4.47. The summed E-state index contributed by atoms with van der Waals surface area (Å²) in [7, 11) is 0. The van der Waals surface area contributed by atoms with Gasteiger partial charge in [-0.3, -0.25) is 9.69 Å². The highest BCUT2D eigenvalue weighted by Gasteiger charge is 2.27. The van der Waals surface area contributed by atoms with Crippen molar-refractivity contribution in [2.24, 2.45) is 0 Å². The minimum absolute atomic E-state index is 0.241. The molecule has 1 aromatic carbocycles. The molecule has 1 aliphatic carbocycles. The number of hydrogen-bond donors (Lipinski definition) is 1. The van der Waals surface area contributed by atoms with Gasteiger partial charge in [0.2, 0.25) is 0 Å². The first-order valence-corrected chi connectivity index (χ1v) is 6.59. The molecular formula is C14H18F2N2O. The summed E-state index contributed by atoms with van der Waals surface area (Å²) in [5.74, 6) is -2.65. The molecule has 104 valence electrons. The van der Waals surface area contributed by atoms with E-state index in [0.717, 1.165) is 19.2 Å². The maximum Gasteiger partial charge on any atom is 0.254 e. The van der Waals surface area contributed by atoms with Crippen molar-refractivity contribution in [3.05, 3.63) is 35.4 Å². The Morgan fingerprint density at radius 2 is 2.16 bits per heavy atom. The molecule has 1 amide bonds. The molecular weight excluding hydrogens is 250 g/mol. The fraction of sp³-hybridized carbons (Fsp3) is 0.500. The monoisotopic (exact) mass is 268 g/mol. The zero-order valence-electron chi connectivity index (χ0n) is 11.0. The predicted octanol–water partition coefficient (Wildman–Crippen LogP) is 2.18. The number of carbonyl (C=O) groups is 1. The van der Waals surface area contributed by atoms with Gasteiger partial charge in [-0.15, -0.1) is 0 Å². The molecule has 1 N–H and O–H groups in total. The SMILES string of the molecule is CCN(CCNC(=O)c1cccc(F)c1F)C1CC1. The number of likely N-dealkylation sites (N-methyl/N-ethyl adjacent to an activating group) is 1. The van der Waals surface area contributed by atoms with E-state index in [-0.39, 0.29) is 5.56 Å². The maximum absolute atomic E-state index is 13.4. The lowest BCUT2D eigenvalue weighted by molar-refractivity contribution is 0.0943. The van der Waals surface area contributed by atoms with Crippen molar-refractivity contribution in [3.8, 4) is 0 Å². The average Bonchev–Trinajstić information content (AvgIpc) is 3.22. The highest BCUT2D eigenvalue weighted by atomic mass is 19.2. The minimum Gasteiger partial charge on any atom is -0.351 e. The van der Waals surface area contributed by atoms with Gasteiger partial charge in [0.05, 0.1) is 5.56 Å². The second-order valence-electron chi connectivity index (χ2n) is 4.72. The topological polar surface area (TPSA) is 32.3 Å². The summed E-state index contributed by atoms with van der Waals surface area (Å²) < 4.78 is 26.4. The lowest BCUT2D eigenvalue weighted by Crippen LogP contribution is -2.36. The smallest absolute Gasteiger partial charge is 0.254 e. The summed E-state index contributed by atoms with van der Waals surface area (Å²) in [5.41, 5.74) is -0.241. The Labute approximate surface area is 111 Å². The molecule has 0 unspecified atom stereocenters. The first-order chi connectivity index (χ1) is 9.13. The fourth-order valence-corrected chi connectivity index (χ4v) is 2.13. The number of nitrogens with one attached hydrogen (secondary N) is 1. The van der Waals surface area contributed by atoms with Crippen LogP contribution in [0.5, 0.6) is 0 Å². The maximum atomic E-state index is 13.4. The highest BCUT2D eigenvalue weighted by molar-refractivity contribution is 5.94. The highest BCUT2D eigenvalue weighted by Crippen LogP contribution is 2.25. The van der Waals surface area contributed by atoms with Gasteiger partial charge in [0.15, 0.2) is 11.6 Å². The van der Waals surface area contributed by atoms with Gasteiger partial charge in [0, 0.05) is 19.1 Å². The average molecular weight is 268 g/mol. The zero-order valence-corrected chi connectivity index (χ0v) is 11.0. The normalized spacial score (nSPS) is 14.7. The summed E-state index contributed by atoms with van der Waals surface area (Å²) in [6, 6.07) is 4.24. The fourth-order valence-electron chi connectivity index (χ4n) is 2.13. The van der Waals surface area contributed by atoms with Crippen LogP contribution in [0.3, 0.4) is 0 Å². The second-order valence-corrected chi connectivity index (χ2v) is 4.72. The Hall–Kier alpha value is -1.49. The molecule has 0 saturated heterocycles.